The lowest BCUT2D eigenvalue weighted by Crippen LogP contribution is -2.24. The van der Waals surface area contributed by atoms with E-state index in [-0.39, 0.29) is 0 Å². The Labute approximate surface area is 68.2 Å². The van der Waals surface area contributed by atoms with Gasteiger partial charge < -0.3 is 10.2 Å². The van der Waals surface area contributed by atoms with Crippen LogP contribution >= 0.6 is 0 Å². The maximum atomic E-state index is 9.34. The van der Waals surface area contributed by atoms with Crippen LogP contribution in [0.1, 0.15) is 39.0 Å². The van der Waals surface area contributed by atoms with Crippen LogP contribution in [0.3, 0.4) is 0 Å². The summed E-state index contributed by atoms with van der Waals surface area (Å²) in [4.78, 5) is 0. The van der Waals surface area contributed by atoms with Crippen LogP contribution in [-0.2, 0) is 0 Å². The fourth-order valence-electron chi connectivity index (χ4n) is 1.78. The van der Waals surface area contributed by atoms with Gasteiger partial charge in [-0.25, -0.2) is 0 Å². The molecule has 0 aromatic carbocycles. The van der Waals surface area contributed by atoms with E-state index < -0.39 is 12.2 Å². The van der Waals surface area contributed by atoms with Crippen LogP contribution in [0.25, 0.3) is 0 Å². The van der Waals surface area contributed by atoms with Crippen molar-refractivity contribution in [2.75, 3.05) is 0 Å². The Morgan fingerprint density at radius 2 is 1.82 bits per heavy atom. The van der Waals surface area contributed by atoms with Gasteiger partial charge in [-0.05, 0) is 19.3 Å². The van der Waals surface area contributed by atoms with Crippen molar-refractivity contribution in [1.82, 2.24) is 0 Å². The molecular formula is C9H18O2. The molecule has 1 saturated carbocycles. The van der Waals surface area contributed by atoms with Gasteiger partial charge in [0.1, 0.15) is 0 Å². The predicted molar refractivity (Wildman–Crippen MR) is 44.3 cm³/mol. The molecule has 0 aliphatic heterocycles. The predicted octanol–water partition coefficient (Wildman–Crippen LogP) is 1.31. The van der Waals surface area contributed by atoms with E-state index in [1.807, 2.05) is 0 Å². The summed E-state index contributed by atoms with van der Waals surface area (Å²) in [6.45, 7) is 1.65. The van der Waals surface area contributed by atoms with Crippen molar-refractivity contribution in [2.24, 2.45) is 5.92 Å². The molecule has 2 unspecified atom stereocenters. The number of hydrogen-bond acceptors (Lipinski definition) is 2. The van der Waals surface area contributed by atoms with Crippen molar-refractivity contribution in [2.45, 2.75) is 51.2 Å². The highest BCUT2D eigenvalue weighted by molar-refractivity contribution is 4.73. The average molecular weight is 158 g/mol. The van der Waals surface area contributed by atoms with Gasteiger partial charge >= 0.3 is 0 Å². The first-order chi connectivity index (χ1) is 5.20. The van der Waals surface area contributed by atoms with Crippen LogP contribution in [0.5, 0.6) is 0 Å². The Morgan fingerprint density at radius 1 is 1.27 bits per heavy atom. The first-order valence-electron chi connectivity index (χ1n) is 4.56. The number of rotatable bonds is 3. The fourth-order valence-corrected chi connectivity index (χ4v) is 1.78. The third-order valence-electron chi connectivity index (χ3n) is 2.61. The molecule has 0 aromatic heterocycles. The van der Waals surface area contributed by atoms with Gasteiger partial charge in [-0.1, -0.05) is 25.7 Å². The number of aliphatic hydroxyl groups excluding tert-OH is 2. The van der Waals surface area contributed by atoms with Gasteiger partial charge in [0.2, 0.25) is 0 Å². The highest BCUT2D eigenvalue weighted by Crippen LogP contribution is 2.28. The Kier molecular flexibility index (Phi) is 3.34. The first-order valence-corrected chi connectivity index (χ1v) is 4.56. The molecule has 0 bridgehead atoms. The second-order valence-corrected chi connectivity index (χ2v) is 3.69. The van der Waals surface area contributed by atoms with E-state index >= 15 is 0 Å². The molecule has 0 radical (unpaired) electrons. The molecule has 2 atom stereocenters. The summed E-state index contributed by atoms with van der Waals surface area (Å²) in [5.74, 6) is 0.666. The van der Waals surface area contributed by atoms with Gasteiger partial charge in [-0.15, -0.1) is 0 Å². The zero-order chi connectivity index (χ0) is 8.27. The summed E-state index contributed by atoms with van der Waals surface area (Å²) in [5.41, 5.74) is 0. The zero-order valence-corrected chi connectivity index (χ0v) is 7.16. The van der Waals surface area contributed by atoms with Crippen molar-refractivity contribution in [1.29, 1.82) is 0 Å². The minimum absolute atomic E-state index is 0.502. The summed E-state index contributed by atoms with van der Waals surface area (Å²) in [5, 5.41) is 18.4. The quantitative estimate of drug-likeness (QED) is 0.650. The normalized spacial score (nSPS) is 25.4. The second-order valence-electron chi connectivity index (χ2n) is 3.69. The summed E-state index contributed by atoms with van der Waals surface area (Å²) < 4.78 is 0. The molecular weight excluding hydrogens is 140 g/mol. The summed E-state index contributed by atoms with van der Waals surface area (Å²) in [7, 11) is 0. The highest BCUT2D eigenvalue weighted by Gasteiger charge is 2.20. The SMILES string of the molecule is CC(O)C(O)CC1CCCC1. The van der Waals surface area contributed by atoms with Crippen molar-refractivity contribution in [3.63, 3.8) is 0 Å². The largest absolute Gasteiger partial charge is 0.391 e. The molecule has 1 aliphatic rings. The average Bonchev–Trinajstić information content (AvgIpc) is 2.39. The molecule has 0 amide bonds. The van der Waals surface area contributed by atoms with Gasteiger partial charge in [-0.2, -0.15) is 0 Å². The first kappa shape index (κ1) is 9.01. The van der Waals surface area contributed by atoms with Crippen molar-refractivity contribution in [3.05, 3.63) is 0 Å². The monoisotopic (exact) mass is 158 g/mol. The van der Waals surface area contributed by atoms with E-state index in [1.54, 1.807) is 6.92 Å². The standard InChI is InChI=1S/C9H18O2/c1-7(10)9(11)6-8-4-2-3-5-8/h7-11H,2-6H2,1H3. The molecule has 2 N–H and O–H groups in total. The van der Waals surface area contributed by atoms with Gasteiger partial charge in [0.05, 0.1) is 12.2 Å². The third kappa shape index (κ3) is 2.80. The maximum absolute atomic E-state index is 9.34. The fraction of sp³-hybridized carbons (Fsp3) is 1.00. The smallest absolute Gasteiger partial charge is 0.0799 e. The molecule has 0 spiro atoms. The Bertz CT molecular complexity index is 106. The van der Waals surface area contributed by atoms with E-state index in [2.05, 4.69) is 0 Å². The van der Waals surface area contributed by atoms with Gasteiger partial charge in [-0.3, -0.25) is 0 Å². The number of hydrogen-bond donors (Lipinski definition) is 2. The lowest BCUT2D eigenvalue weighted by atomic mass is 9.98. The van der Waals surface area contributed by atoms with E-state index in [0.29, 0.717) is 5.92 Å². The van der Waals surface area contributed by atoms with E-state index in [4.69, 9.17) is 5.11 Å². The van der Waals surface area contributed by atoms with Crippen LogP contribution in [0, 0.1) is 5.92 Å². The zero-order valence-electron chi connectivity index (χ0n) is 7.16. The molecule has 0 aromatic rings. The van der Waals surface area contributed by atoms with Crippen LogP contribution in [0.2, 0.25) is 0 Å². The van der Waals surface area contributed by atoms with Crippen LogP contribution in [0.4, 0.5) is 0 Å². The van der Waals surface area contributed by atoms with E-state index in [9.17, 15) is 5.11 Å². The van der Waals surface area contributed by atoms with Crippen LogP contribution in [-0.4, -0.2) is 22.4 Å². The summed E-state index contributed by atoms with van der Waals surface area (Å²) >= 11 is 0. The summed E-state index contributed by atoms with van der Waals surface area (Å²) in [6.07, 6.45) is 4.81. The Morgan fingerprint density at radius 3 is 2.27 bits per heavy atom. The Balaban J connectivity index is 2.18. The lowest BCUT2D eigenvalue weighted by Gasteiger charge is -2.17. The number of aliphatic hydroxyl groups is 2. The van der Waals surface area contributed by atoms with E-state index in [0.717, 1.165) is 6.42 Å². The van der Waals surface area contributed by atoms with Crippen molar-refractivity contribution in [3.8, 4) is 0 Å². The molecule has 2 nitrogen and oxygen atoms in total. The highest BCUT2D eigenvalue weighted by atomic mass is 16.3. The molecule has 1 rings (SSSR count). The van der Waals surface area contributed by atoms with E-state index in [1.165, 1.54) is 25.7 Å². The molecule has 1 aliphatic carbocycles. The molecule has 11 heavy (non-hydrogen) atoms. The molecule has 2 heteroatoms. The molecule has 66 valence electrons. The van der Waals surface area contributed by atoms with Gasteiger partial charge in [0, 0.05) is 0 Å². The molecule has 1 fully saturated rings. The second kappa shape index (κ2) is 4.07. The lowest BCUT2D eigenvalue weighted by molar-refractivity contribution is 0.0164. The minimum atomic E-state index is -0.560. The van der Waals surface area contributed by atoms with Crippen LogP contribution in [0.15, 0.2) is 0 Å². The minimum Gasteiger partial charge on any atom is -0.391 e. The topological polar surface area (TPSA) is 40.5 Å². The van der Waals surface area contributed by atoms with Crippen LogP contribution < -0.4 is 0 Å². The van der Waals surface area contributed by atoms with Crippen molar-refractivity contribution >= 4 is 0 Å². The van der Waals surface area contributed by atoms with Gasteiger partial charge in [0.15, 0.2) is 0 Å². The van der Waals surface area contributed by atoms with Crippen molar-refractivity contribution < 1.29 is 10.2 Å². The molecule has 0 heterocycles. The molecule has 0 saturated heterocycles. The maximum Gasteiger partial charge on any atom is 0.0799 e. The third-order valence-corrected chi connectivity index (χ3v) is 2.61. The summed E-state index contributed by atoms with van der Waals surface area (Å²) in [6, 6.07) is 0. The van der Waals surface area contributed by atoms with Gasteiger partial charge in [0.25, 0.3) is 0 Å². The Hall–Kier alpha value is -0.0800.